The Balaban J connectivity index is 1.86. The molecule has 0 aliphatic heterocycles. The Hall–Kier alpha value is -3.19. The molecule has 0 saturated carbocycles. The van der Waals surface area contributed by atoms with E-state index in [0.717, 1.165) is 5.56 Å². The van der Waals surface area contributed by atoms with Crippen molar-refractivity contribution in [1.82, 2.24) is 0 Å². The third kappa shape index (κ3) is 4.20. The van der Waals surface area contributed by atoms with Crippen LogP contribution in [0, 0.1) is 12.7 Å². The van der Waals surface area contributed by atoms with Gasteiger partial charge in [0.15, 0.2) is 0 Å². The molecule has 3 rings (SSSR count). The number of hydrogen-bond donors (Lipinski definition) is 1. The number of nitrogens with zero attached hydrogens (tertiary/aromatic N) is 1. The van der Waals surface area contributed by atoms with Crippen molar-refractivity contribution in [3.8, 4) is 0 Å². The summed E-state index contributed by atoms with van der Waals surface area (Å²) in [6.07, 6.45) is 0. The quantitative estimate of drug-likeness (QED) is 0.700. The van der Waals surface area contributed by atoms with Crippen LogP contribution in [0.4, 0.5) is 15.8 Å². The maximum Gasteiger partial charge on any atom is 0.264 e. The molecule has 0 spiro atoms. The molecule has 7 heteroatoms. The van der Waals surface area contributed by atoms with Crippen molar-refractivity contribution in [2.24, 2.45) is 0 Å². The molecule has 0 aliphatic rings. The summed E-state index contributed by atoms with van der Waals surface area (Å²) in [5.41, 5.74) is 2.14. The van der Waals surface area contributed by atoms with E-state index in [1.807, 2.05) is 19.1 Å². The number of amides is 1. The monoisotopic (exact) mass is 398 g/mol. The van der Waals surface area contributed by atoms with Crippen molar-refractivity contribution >= 4 is 27.3 Å². The van der Waals surface area contributed by atoms with Crippen molar-refractivity contribution in [2.45, 2.75) is 11.8 Å². The molecule has 5 nitrogen and oxygen atoms in total. The minimum absolute atomic E-state index is 0.00216. The van der Waals surface area contributed by atoms with Gasteiger partial charge in [-0.2, -0.15) is 0 Å². The lowest BCUT2D eigenvalue weighted by molar-refractivity contribution is 0.102. The second-order valence-electron chi connectivity index (χ2n) is 6.30. The number of aryl methyl sites for hydroxylation is 1. The maximum absolute atomic E-state index is 13.0. The minimum atomic E-state index is -3.84. The van der Waals surface area contributed by atoms with E-state index in [0.29, 0.717) is 11.4 Å². The van der Waals surface area contributed by atoms with Gasteiger partial charge in [-0.1, -0.05) is 23.8 Å². The number of halogens is 1. The van der Waals surface area contributed by atoms with E-state index in [4.69, 9.17) is 0 Å². The first-order valence-electron chi connectivity index (χ1n) is 8.50. The molecule has 0 aromatic heterocycles. The molecule has 1 amide bonds. The van der Waals surface area contributed by atoms with Crippen LogP contribution >= 0.6 is 0 Å². The average Bonchev–Trinajstić information content (AvgIpc) is 2.70. The van der Waals surface area contributed by atoms with Crippen molar-refractivity contribution in [3.05, 3.63) is 89.7 Å². The number of rotatable bonds is 5. The van der Waals surface area contributed by atoms with Crippen molar-refractivity contribution in [3.63, 3.8) is 0 Å². The number of anilines is 2. The van der Waals surface area contributed by atoms with Crippen LogP contribution in [-0.2, 0) is 10.0 Å². The Morgan fingerprint density at radius 2 is 1.61 bits per heavy atom. The van der Waals surface area contributed by atoms with Gasteiger partial charge in [-0.3, -0.25) is 9.10 Å². The SMILES string of the molecule is Cc1ccc(N(C)S(=O)(=O)c2cccc(C(=O)Nc3ccc(F)cc3)c2)cc1. The molecular formula is C21H19FN2O3S. The second kappa shape index (κ2) is 7.82. The summed E-state index contributed by atoms with van der Waals surface area (Å²) in [4.78, 5) is 12.4. The van der Waals surface area contributed by atoms with Crippen LogP contribution in [0.15, 0.2) is 77.7 Å². The van der Waals surface area contributed by atoms with E-state index in [1.165, 1.54) is 59.9 Å². The molecule has 144 valence electrons. The molecule has 3 aromatic carbocycles. The van der Waals surface area contributed by atoms with Crippen LogP contribution < -0.4 is 9.62 Å². The third-order valence-electron chi connectivity index (χ3n) is 4.25. The maximum atomic E-state index is 13.0. The molecule has 1 N–H and O–H groups in total. The molecule has 0 aliphatic carbocycles. The summed E-state index contributed by atoms with van der Waals surface area (Å²) in [6.45, 7) is 1.92. The highest BCUT2D eigenvalue weighted by molar-refractivity contribution is 7.92. The van der Waals surface area contributed by atoms with Crippen LogP contribution in [0.3, 0.4) is 0 Å². The smallest absolute Gasteiger partial charge is 0.264 e. The standard InChI is InChI=1S/C21H19FN2O3S/c1-15-6-12-19(13-7-15)24(2)28(26,27)20-5-3-4-16(14-20)21(25)23-18-10-8-17(22)9-11-18/h3-14H,1-2H3,(H,23,25). The summed E-state index contributed by atoms with van der Waals surface area (Å²) < 4.78 is 40.0. The Labute approximate surface area is 163 Å². The van der Waals surface area contributed by atoms with Gasteiger partial charge in [0.05, 0.1) is 10.6 Å². The van der Waals surface area contributed by atoms with Gasteiger partial charge in [0, 0.05) is 18.3 Å². The molecule has 0 unspecified atom stereocenters. The third-order valence-corrected chi connectivity index (χ3v) is 6.04. The van der Waals surface area contributed by atoms with Crippen LogP contribution in [0.25, 0.3) is 0 Å². The van der Waals surface area contributed by atoms with Gasteiger partial charge in [-0.05, 0) is 61.5 Å². The molecule has 0 fully saturated rings. The van der Waals surface area contributed by atoms with Gasteiger partial charge in [0.2, 0.25) is 0 Å². The van der Waals surface area contributed by atoms with Gasteiger partial charge in [-0.15, -0.1) is 0 Å². The summed E-state index contributed by atoms with van der Waals surface area (Å²) in [6, 6.07) is 18.2. The minimum Gasteiger partial charge on any atom is -0.322 e. The molecule has 0 saturated heterocycles. The Kier molecular flexibility index (Phi) is 5.46. The van der Waals surface area contributed by atoms with E-state index in [1.54, 1.807) is 12.1 Å². The predicted octanol–water partition coefficient (Wildman–Crippen LogP) is 4.21. The van der Waals surface area contributed by atoms with E-state index in [2.05, 4.69) is 5.32 Å². The molecule has 0 bridgehead atoms. The van der Waals surface area contributed by atoms with Crippen molar-refractivity contribution in [2.75, 3.05) is 16.7 Å². The Bertz CT molecular complexity index is 1100. The first-order chi connectivity index (χ1) is 13.3. The number of nitrogens with one attached hydrogen (secondary N) is 1. The lowest BCUT2D eigenvalue weighted by Gasteiger charge is -2.20. The van der Waals surface area contributed by atoms with E-state index in [9.17, 15) is 17.6 Å². The van der Waals surface area contributed by atoms with Gasteiger partial charge in [-0.25, -0.2) is 12.8 Å². The summed E-state index contributed by atoms with van der Waals surface area (Å²) in [5.74, 6) is -0.896. The fourth-order valence-corrected chi connectivity index (χ4v) is 3.83. The molecule has 3 aromatic rings. The average molecular weight is 398 g/mol. The van der Waals surface area contributed by atoms with E-state index < -0.39 is 21.7 Å². The van der Waals surface area contributed by atoms with Crippen LogP contribution in [0.1, 0.15) is 15.9 Å². The molecule has 0 heterocycles. The van der Waals surface area contributed by atoms with Gasteiger partial charge >= 0.3 is 0 Å². The second-order valence-corrected chi connectivity index (χ2v) is 8.27. The fraction of sp³-hybridized carbons (Fsp3) is 0.0952. The van der Waals surface area contributed by atoms with Gasteiger partial charge in [0.1, 0.15) is 5.82 Å². The largest absolute Gasteiger partial charge is 0.322 e. The number of hydrogen-bond acceptors (Lipinski definition) is 3. The topological polar surface area (TPSA) is 66.5 Å². The van der Waals surface area contributed by atoms with Crippen molar-refractivity contribution < 1.29 is 17.6 Å². The normalized spacial score (nSPS) is 11.1. The lowest BCUT2D eigenvalue weighted by atomic mass is 10.2. The Morgan fingerprint density at radius 1 is 0.964 bits per heavy atom. The van der Waals surface area contributed by atoms with Crippen molar-refractivity contribution in [1.29, 1.82) is 0 Å². The zero-order chi connectivity index (χ0) is 20.3. The fourth-order valence-electron chi connectivity index (χ4n) is 2.59. The van der Waals surface area contributed by atoms with Crippen LogP contribution in [-0.4, -0.2) is 21.4 Å². The number of carbonyl (C=O) groups excluding carboxylic acids is 1. The van der Waals surface area contributed by atoms with Crippen LogP contribution in [0.2, 0.25) is 0 Å². The predicted molar refractivity (Wildman–Crippen MR) is 108 cm³/mol. The lowest BCUT2D eigenvalue weighted by Crippen LogP contribution is -2.26. The zero-order valence-corrected chi connectivity index (χ0v) is 16.2. The summed E-state index contributed by atoms with van der Waals surface area (Å²) in [5, 5.41) is 2.62. The molecule has 28 heavy (non-hydrogen) atoms. The molecule has 0 radical (unpaired) electrons. The van der Waals surface area contributed by atoms with Gasteiger partial charge < -0.3 is 5.32 Å². The molecule has 0 atom stereocenters. The van der Waals surface area contributed by atoms with E-state index >= 15 is 0 Å². The first-order valence-corrected chi connectivity index (χ1v) is 9.94. The summed E-state index contributed by atoms with van der Waals surface area (Å²) in [7, 11) is -2.37. The highest BCUT2D eigenvalue weighted by Crippen LogP contribution is 2.23. The highest BCUT2D eigenvalue weighted by Gasteiger charge is 2.22. The Morgan fingerprint density at radius 3 is 2.25 bits per heavy atom. The highest BCUT2D eigenvalue weighted by atomic mass is 32.2. The molecular weight excluding hydrogens is 379 g/mol. The summed E-state index contributed by atoms with van der Waals surface area (Å²) >= 11 is 0. The number of benzene rings is 3. The van der Waals surface area contributed by atoms with Crippen LogP contribution in [0.5, 0.6) is 0 Å². The first kappa shape index (κ1) is 19.6. The number of sulfonamides is 1. The van der Waals surface area contributed by atoms with Gasteiger partial charge in [0.25, 0.3) is 15.9 Å². The van der Waals surface area contributed by atoms with E-state index in [-0.39, 0.29) is 10.5 Å². The number of carbonyl (C=O) groups is 1. The zero-order valence-electron chi connectivity index (χ0n) is 15.4.